The first kappa shape index (κ1) is 20.3. The van der Waals surface area contributed by atoms with Gasteiger partial charge in [0.05, 0.1) is 79.3 Å². The summed E-state index contributed by atoms with van der Waals surface area (Å²) in [7, 11) is 0. The Balaban J connectivity index is 1.70. The minimum atomic E-state index is 0.568. The molecule has 0 saturated carbocycles. The molecule has 142 valence electrons. The summed E-state index contributed by atoms with van der Waals surface area (Å²) in [6.45, 7) is 6.97. The van der Waals surface area contributed by atoms with Crippen molar-refractivity contribution in [1.82, 2.24) is 0 Å². The minimum absolute atomic E-state index is 0.568. The second-order valence-corrected chi connectivity index (χ2v) is 5.72. The lowest BCUT2D eigenvalue weighted by Gasteiger charge is -2.09. The third-order valence-corrected chi connectivity index (χ3v) is 3.68. The molecule has 0 unspecified atom stereocenters. The van der Waals surface area contributed by atoms with Crippen LogP contribution in [0.2, 0.25) is 0 Å². The third-order valence-electron chi connectivity index (χ3n) is 3.68. The van der Waals surface area contributed by atoms with E-state index in [2.05, 4.69) is 24.3 Å². The zero-order valence-electron chi connectivity index (χ0n) is 15.0. The summed E-state index contributed by atoms with van der Waals surface area (Å²) in [6, 6.07) is 0. The molecule has 1 aliphatic carbocycles. The number of allylic oxidation sites excluding steroid dienone is 3. The highest BCUT2D eigenvalue weighted by Gasteiger charge is 2.02. The Bertz CT molecular complexity index is 430. The fourth-order valence-electron chi connectivity index (χ4n) is 2.31. The van der Waals surface area contributed by atoms with Crippen molar-refractivity contribution >= 4 is 0 Å². The van der Waals surface area contributed by atoms with E-state index in [9.17, 15) is 0 Å². The number of fused-ring (bicyclic) bond motifs is 2. The van der Waals surface area contributed by atoms with E-state index >= 15 is 0 Å². The van der Waals surface area contributed by atoms with E-state index in [1.807, 2.05) is 0 Å². The van der Waals surface area contributed by atoms with Gasteiger partial charge in [0.25, 0.3) is 0 Å². The maximum absolute atomic E-state index is 5.66. The van der Waals surface area contributed by atoms with E-state index in [0.29, 0.717) is 79.3 Å². The molecular weight excluding hydrogens is 324 g/mol. The summed E-state index contributed by atoms with van der Waals surface area (Å²) in [4.78, 5) is 0. The van der Waals surface area contributed by atoms with Gasteiger partial charge in [0.2, 0.25) is 0 Å². The molecule has 0 aromatic heterocycles. The highest BCUT2D eigenvalue weighted by atomic mass is 16.6. The molecule has 2 bridgehead atoms. The van der Waals surface area contributed by atoms with Crippen molar-refractivity contribution in [2.24, 2.45) is 0 Å². The van der Waals surface area contributed by atoms with E-state index < -0.39 is 0 Å². The van der Waals surface area contributed by atoms with Crippen LogP contribution in [0.5, 0.6) is 0 Å². The van der Waals surface area contributed by atoms with Crippen molar-refractivity contribution in [3.05, 3.63) is 35.5 Å². The van der Waals surface area contributed by atoms with Gasteiger partial charge in [-0.15, -0.1) is 0 Å². The van der Waals surface area contributed by atoms with Crippen LogP contribution in [0.25, 0.3) is 0 Å². The van der Waals surface area contributed by atoms with Gasteiger partial charge in [0.15, 0.2) is 0 Å². The van der Waals surface area contributed by atoms with Crippen LogP contribution in [-0.4, -0.2) is 79.3 Å². The van der Waals surface area contributed by atoms with Crippen LogP contribution < -0.4 is 0 Å². The number of hydrogen-bond donors (Lipinski definition) is 0. The van der Waals surface area contributed by atoms with Crippen molar-refractivity contribution in [3.63, 3.8) is 0 Å². The topological polar surface area (TPSA) is 55.4 Å². The summed E-state index contributed by atoms with van der Waals surface area (Å²) in [5.41, 5.74) is 2.43. The average molecular weight is 354 g/mol. The summed E-state index contributed by atoms with van der Waals surface area (Å²) in [5, 5.41) is 0. The molecule has 2 rings (SSSR count). The molecule has 2 aliphatic rings. The zero-order chi connectivity index (χ0) is 17.4. The lowest BCUT2D eigenvalue weighted by atomic mass is 10.1. The quantitative estimate of drug-likeness (QED) is 0.662. The first-order chi connectivity index (χ1) is 12.4. The smallest absolute Gasteiger partial charge is 0.0715 e. The van der Waals surface area contributed by atoms with Gasteiger partial charge in [0.1, 0.15) is 0 Å². The lowest BCUT2D eigenvalue weighted by molar-refractivity contribution is -0.0150. The van der Waals surface area contributed by atoms with Gasteiger partial charge in [-0.05, 0) is 17.6 Å². The van der Waals surface area contributed by atoms with E-state index in [1.165, 1.54) is 11.1 Å². The van der Waals surface area contributed by atoms with Gasteiger partial charge in [-0.1, -0.05) is 24.3 Å². The maximum Gasteiger partial charge on any atom is 0.0715 e. The lowest BCUT2D eigenvalue weighted by Crippen LogP contribution is -2.14. The SMILES string of the molecule is C1=CC2=CCC(=C1)COCCOCCOCCOCCOCCOC2. The van der Waals surface area contributed by atoms with E-state index in [1.54, 1.807) is 0 Å². The first-order valence-electron chi connectivity index (χ1n) is 8.97. The average Bonchev–Trinajstić information content (AvgIpc) is 2.85. The Morgan fingerprint density at radius 2 is 1.04 bits per heavy atom. The first-order valence-corrected chi connectivity index (χ1v) is 8.97. The van der Waals surface area contributed by atoms with Gasteiger partial charge in [-0.25, -0.2) is 0 Å². The Labute approximate surface area is 150 Å². The van der Waals surface area contributed by atoms with Gasteiger partial charge in [-0.2, -0.15) is 0 Å². The van der Waals surface area contributed by atoms with Crippen molar-refractivity contribution in [1.29, 1.82) is 0 Å². The van der Waals surface area contributed by atoms with Crippen LogP contribution in [0.3, 0.4) is 0 Å². The summed E-state index contributed by atoms with van der Waals surface area (Å²) < 4.78 is 33.1. The van der Waals surface area contributed by atoms with Gasteiger partial charge < -0.3 is 28.4 Å². The highest BCUT2D eigenvalue weighted by molar-refractivity contribution is 5.30. The Kier molecular flexibility index (Phi) is 11.5. The number of rotatable bonds is 0. The predicted octanol–water partition coefficient (Wildman–Crippen LogP) is 1.91. The largest absolute Gasteiger partial charge is 0.377 e. The molecule has 0 N–H and O–H groups in total. The van der Waals surface area contributed by atoms with Crippen molar-refractivity contribution < 1.29 is 28.4 Å². The molecular formula is C19H30O6. The Morgan fingerprint density at radius 3 is 1.60 bits per heavy atom. The molecule has 0 atom stereocenters. The molecule has 0 aromatic rings. The molecule has 0 fully saturated rings. The van der Waals surface area contributed by atoms with Gasteiger partial charge >= 0.3 is 0 Å². The van der Waals surface area contributed by atoms with Crippen LogP contribution in [0.4, 0.5) is 0 Å². The molecule has 0 spiro atoms. The third kappa shape index (κ3) is 10.5. The molecule has 25 heavy (non-hydrogen) atoms. The summed E-state index contributed by atoms with van der Waals surface area (Å²) >= 11 is 0. The van der Waals surface area contributed by atoms with Crippen LogP contribution in [0.15, 0.2) is 35.5 Å². The molecule has 0 amide bonds. The summed E-state index contributed by atoms with van der Waals surface area (Å²) in [5.74, 6) is 0. The van der Waals surface area contributed by atoms with Crippen molar-refractivity contribution in [2.75, 3.05) is 79.3 Å². The number of hydrogen-bond acceptors (Lipinski definition) is 6. The molecule has 0 aromatic carbocycles. The minimum Gasteiger partial charge on any atom is -0.377 e. The van der Waals surface area contributed by atoms with Crippen molar-refractivity contribution in [3.8, 4) is 0 Å². The van der Waals surface area contributed by atoms with E-state index in [0.717, 1.165) is 6.42 Å². The van der Waals surface area contributed by atoms with Crippen LogP contribution in [0.1, 0.15) is 6.42 Å². The van der Waals surface area contributed by atoms with E-state index in [4.69, 9.17) is 28.4 Å². The van der Waals surface area contributed by atoms with Crippen LogP contribution in [-0.2, 0) is 28.4 Å². The second-order valence-electron chi connectivity index (χ2n) is 5.72. The Hall–Kier alpha value is -1.02. The predicted molar refractivity (Wildman–Crippen MR) is 94.8 cm³/mol. The zero-order valence-corrected chi connectivity index (χ0v) is 15.0. The normalized spacial score (nSPS) is 23.7. The van der Waals surface area contributed by atoms with Gasteiger partial charge in [-0.3, -0.25) is 0 Å². The maximum atomic E-state index is 5.66. The standard InChI is InChI=1S/C19H30O6/c1-2-18-4-5-19(3-1)17-25-15-13-23-11-9-21-7-6-20-8-10-22-12-14-24-16-18/h1-4H,5-17H2. The molecule has 6 nitrogen and oxygen atoms in total. The fourth-order valence-corrected chi connectivity index (χ4v) is 2.31. The number of ether oxygens (including phenoxy) is 6. The molecule has 0 radical (unpaired) electrons. The molecule has 1 aliphatic heterocycles. The summed E-state index contributed by atoms with van der Waals surface area (Å²) in [6.07, 6.45) is 9.32. The molecule has 1 heterocycles. The van der Waals surface area contributed by atoms with Crippen LogP contribution in [0, 0.1) is 0 Å². The van der Waals surface area contributed by atoms with Crippen molar-refractivity contribution in [2.45, 2.75) is 6.42 Å². The van der Waals surface area contributed by atoms with Crippen LogP contribution >= 0.6 is 0 Å². The molecule has 6 heteroatoms. The second kappa shape index (κ2) is 14.2. The monoisotopic (exact) mass is 354 g/mol. The highest BCUT2D eigenvalue weighted by Crippen LogP contribution is 2.12. The fraction of sp³-hybridized carbons (Fsp3) is 0.684. The van der Waals surface area contributed by atoms with Gasteiger partial charge in [0, 0.05) is 0 Å². The molecule has 0 saturated heterocycles. The Morgan fingerprint density at radius 1 is 0.560 bits per heavy atom. The van der Waals surface area contributed by atoms with E-state index in [-0.39, 0.29) is 0 Å².